The molecule has 0 aliphatic rings. The minimum Gasteiger partial charge on any atom is -0.431 e. The Bertz CT molecular complexity index is 282. The molecule has 6 heteroatoms. The van der Waals surface area contributed by atoms with Gasteiger partial charge >= 0.3 is 6.61 Å². The van der Waals surface area contributed by atoms with Crippen LogP contribution in [0.3, 0.4) is 0 Å². The van der Waals surface area contributed by atoms with Gasteiger partial charge in [0.2, 0.25) is 0 Å². The Morgan fingerprint density at radius 3 is 2.75 bits per heavy atom. The summed E-state index contributed by atoms with van der Waals surface area (Å²) in [6.07, 6.45) is 2.53. The van der Waals surface area contributed by atoms with Crippen LogP contribution < -0.4 is 10.5 Å². The molecule has 1 heterocycles. The van der Waals surface area contributed by atoms with E-state index in [0.717, 1.165) is 6.20 Å². The number of anilines is 1. The Hall–Kier alpha value is -0.910. The number of ether oxygens (including phenoxy) is 1. The zero-order valence-electron chi connectivity index (χ0n) is 5.80. The number of halogens is 3. The number of nitrogen functional groups attached to an aromatic ring is 1. The Balaban J connectivity index is 2.92. The SMILES string of the molecule is Nc1c(Br)cncc1OC(F)F. The molecule has 0 amide bonds. The van der Waals surface area contributed by atoms with Crippen LogP contribution in [0.25, 0.3) is 0 Å². The summed E-state index contributed by atoms with van der Waals surface area (Å²) in [5.74, 6) is -0.126. The van der Waals surface area contributed by atoms with Crippen molar-refractivity contribution in [1.82, 2.24) is 4.98 Å². The van der Waals surface area contributed by atoms with Crippen LogP contribution in [0.1, 0.15) is 0 Å². The molecule has 0 unspecified atom stereocenters. The molecule has 0 aromatic carbocycles. The van der Waals surface area contributed by atoms with Crippen molar-refractivity contribution in [3.8, 4) is 5.75 Å². The monoisotopic (exact) mass is 238 g/mol. The Labute approximate surface area is 75.7 Å². The molecule has 1 rings (SSSR count). The molecule has 0 fully saturated rings. The van der Waals surface area contributed by atoms with Gasteiger partial charge in [-0.2, -0.15) is 8.78 Å². The molecule has 3 nitrogen and oxygen atoms in total. The van der Waals surface area contributed by atoms with Gasteiger partial charge in [0.15, 0.2) is 5.75 Å². The van der Waals surface area contributed by atoms with Crippen molar-refractivity contribution in [2.45, 2.75) is 6.61 Å². The summed E-state index contributed by atoms with van der Waals surface area (Å²) < 4.78 is 27.9. The maximum atomic E-state index is 11.7. The second kappa shape index (κ2) is 3.66. The lowest BCUT2D eigenvalue weighted by atomic mass is 10.4. The highest BCUT2D eigenvalue weighted by atomic mass is 79.9. The van der Waals surface area contributed by atoms with Crippen molar-refractivity contribution >= 4 is 21.6 Å². The van der Waals surface area contributed by atoms with E-state index in [2.05, 4.69) is 25.7 Å². The minimum atomic E-state index is -2.89. The zero-order chi connectivity index (χ0) is 9.14. The molecule has 0 aliphatic heterocycles. The van der Waals surface area contributed by atoms with Crippen molar-refractivity contribution in [3.63, 3.8) is 0 Å². The van der Waals surface area contributed by atoms with Crippen molar-refractivity contribution in [3.05, 3.63) is 16.9 Å². The zero-order valence-corrected chi connectivity index (χ0v) is 7.38. The first-order valence-electron chi connectivity index (χ1n) is 2.95. The average molecular weight is 239 g/mol. The largest absolute Gasteiger partial charge is 0.431 e. The topological polar surface area (TPSA) is 48.1 Å². The number of nitrogens with two attached hydrogens (primary N) is 1. The van der Waals surface area contributed by atoms with Gasteiger partial charge in [-0.3, -0.25) is 4.98 Å². The van der Waals surface area contributed by atoms with Gasteiger partial charge in [0.1, 0.15) is 0 Å². The lowest BCUT2D eigenvalue weighted by Crippen LogP contribution is -2.05. The van der Waals surface area contributed by atoms with E-state index in [1.165, 1.54) is 6.20 Å². The Morgan fingerprint density at radius 2 is 2.17 bits per heavy atom. The molecular weight excluding hydrogens is 234 g/mol. The first kappa shape index (κ1) is 9.18. The quantitative estimate of drug-likeness (QED) is 0.858. The van der Waals surface area contributed by atoms with Gasteiger partial charge in [-0.25, -0.2) is 0 Å². The number of aromatic nitrogens is 1. The molecule has 0 saturated heterocycles. The third-order valence-electron chi connectivity index (χ3n) is 1.12. The number of rotatable bonds is 2. The fourth-order valence-corrected chi connectivity index (χ4v) is 0.931. The van der Waals surface area contributed by atoms with E-state index in [-0.39, 0.29) is 11.4 Å². The molecule has 0 radical (unpaired) electrons. The van der Waals surface area contributed by atoms with Crippen LogP contribution in [0.4, 0.5) is 14.5 Å². The van der Waals surface area contributed by atoms with Gasteiger partial charge in [-0.1, -0.05) is 0 Å². The predicted octanol–water partition coefficient (Wildman–Crippen LogP) is 2.03. The summed E-state index contributed by atoms with van der Waals surface area (Å²) in [7, 11) is 0. The third kappa shape index (κ3) is 2.04. The van der Waals surface area contributed by atoms with Gasteiger partial charge < -0.3 is 10.5 Å². The van der Waals surface area contributed by atoms with E-state index in [4.69, 9.17) is 5.73 Å². The maximum absolute atomic E-state index is 11.7. The van der Waals surface area contributed by atoms with E-state index < -0.39 is 6.61 Å². The average Bonchev–Trinajstić information content (AvgIpc) is 1.98. The van der Waals surface area contributed by atoms with Crippen LogP contribution in [-0.4, -0.2) is 11.6 Å². The van der Waals surface area contributed by atoms with E-state index in [1.54, 1.807) is 0 Å². The molecule has 2 N–H and O–H groups in total. The Morgan fingerprint density at radius 1 is 1.50 bits per heavy atom. The highest BCUT2D eigenvalue weighted by Crippen LogP contribution is 2.28. The lowest BCUT2D eigenvalue weighted by molar-refractivity contribution is -0.0495. The molecule has 1 aromatic heterocycles. The molecule has 0 aliphatic carbocycles. The number of hydrogen-bond donors (Lipinski definition) is 1. The summed E-state index contributed by atoms with van der Waals surface area (Å²) in [5.41, 5.74) is 5.50. The van der Waals surface area contributed by atoms with Crippen molar-refractivity contribution in [1.29, 1.82) is 0 Å². The first-order valence-corrected chi connectivity index (χ1v) is 3.74. The number of pyridine rings is 1. The number of hydrogen-bond acceptors (Lipinski definition) is 3. The van der Waals surface area contributed by atoms with Gasteiger partial charge in [0.25, 0.3) is 0 Å². The molecule has 12 heavy (non-hydrogen) atoms. The van der Waals surface area contributed by atoms with Crippen LogP contribution in [0.2, 0.25) is 0 Å². The van der Waals surface area contributed by atoms with E-state index in [1.807, 2.05) is 0 Å². The lowest BCUT2D eigenvalue weighted by Gasteiger charge is -2.06. The molecule has 0 bridgehead atoms. The summed E-state index contributed by atoms with van der Waals surface area (Å²) >= 11 is 3.02. The molecule has 0 atom stereocenters. The second-order valence-electron chi connectivity index (χ2n) is 1.91. The summed E-state index contributed by atoms with van der Waals surface area (Å²) in [6, 6.07) is 0. The second-order valence-corrected chi connectivity index (χ2v) is 2.77. The molecule has 66 valence electrons. The number of nitrogens with zero attached hydrogens (tertiary/aromatic N) is 1. The summed E-state index contributed by atoms with van der Waals surface area (Å²) in [6.45, 7) is -2.89. The fourth-order valence-electron chi connectivity index (χ4n) is 0.617. The number of alkyl halides is 2. The maximum Gasteiger partial charge on any atom is 0.387 e. The molecule has 1 aromatic rings. The highest BCUT2D eigenvalue weighted by Gasteiger charge is 2.09. The van der Waals surface area contributed by atoms with Gasteiger partial charge in [0, 0.05) is 6.20 Å². The molecule has 0 spiro atoms. The van der Waals surface area contributed by atoms with Crippen molar-refractivity contribution in [2.75, 3.05) is 5.73 Å². The normalized spacial score (nSPS) is 10.3. The van der Waals surface area contributed by atoms with Crippen LogP contribution in [0.15, 0.2) is 16.9 Å². The van der Waals surface area contributed by atoms with Crippen molar-refractivity contribution in [2.24, 2.45) is 0 Å². The van der Waals surface area contributed by atoms with Crippen LogP contribution in [0, 0.1) is 0 Å². The van der Waals surface area contributed by atoms with E-state index >= 15 is 0 Å². The summed E-state index contributed by atoms with van der Waals surface area (Å²) in [5, 5.41) is 0. The highest BCUT2D eigenvalue weighted by molar-refractivity contribution is 9.10. The smallest absolute Gasteiger partial charge is 0.387 e. The predicted molar refractivity (Wildman–Crippen MR) is 43.0 cm³/mol. The van der Waals surface area contributed by atoms with E-state index in [9.17, 15) is 8.78 Å². The van der Waals surface area contributed by atoms with Gasteiger partial charge in [0.05, 0.1) is 16.4 Å². The van der Waals surface area contributed by atoms with Gasteiger partial charge in [-0.05, 0) is 15.9 Å². The minimum absolute atomic E-state index is 0.116. The Kier molecular flexibility index (Phi) is 2.80. The fraction of sp³-hybridized carbons (Fsp3) is 0.167. The molecule has 0 saturated carbocycles. The van der Waals surface area contributed by atoms with Crippen molar-refractivity contribution < 1.29 is 13.5 Å². The third-order valence-corrected chi connectivity index (χ3v) is 1.75. The van der Waals surface area contributed by atoms with Crippen LogP contribution in [0.5, 0.6) is 5.75 Å². The van der Waals surface area contributed by atoms with Gasteiger partial charge in [-0.15, -0.1) is 0 Å². The molecular formula is C6H5BrF2N2O. The standard InChI is InChI=1S/C6H5BrF2N2O/c7-3-1-11-2-4(5(3)10)12-6(8)9/h1-2,6H,(H2,10,11). The van der Waals surface area contributed by atoms with E-state index in [0.29, 0.717) is 4.47 Å². The van der Waals surface area contributed by atoms with Crippen LogP contribution >= 0.6 is 15.9 Å². The first-order chi connectivity index (χ1) is 5.61. The van der Waals surface area contributed by atoms with Crippen LogP contribution in [-0.2, 0) is 0 Å². The summed E-state index contributed by atoms with van der Waals surface area (Å²) in [4.78, 5) is 3.61.